The zero-order valence-corrected chi connectivity index (χ0v) is 12.6. The molecule has 0 fully saturated rings. The first-order valence-electron chi connectivity index (χ1n) is 4.94. The topological polar surface area (TPSA) is 108 Å². The first kappa shape index (κ1) is 15.2. The molecule has 1 aromatic rings. The lowest BCUT2D eigenvalue weighted by Crippen LogP contribution is -2.33. The van der Waals surface area contributed by atoms with E-state index in [2.05, 4.69) is 10.5 Å². The van der Waals surface area contributed by atoms with Gasteiger partial charge in [-0.15, -0.1) is 9.74 Å². The van der Waals surface area contributed by atoms with E-state index >= 15 is 0 Å². The molecule has 0 radical (unpaired) electrons. The number of nitrogens with two attached hydrogens (primary N) is 1. The fraction of sp³-hybridized carbons (Fsp3) is 0. The summed E-state index contributed by atoms with van der Waals surface area (Å²) in [7, 11) is -4.35. The van der Waals surface area contributed by atoms with Crippen molar-refractivity contribution in [1.82, 2.24) is 10.1 Å². The molecule has 108 valence electrons. The maximum absolute atomic E-state index is 11.0. The molecule has 0 atom stereocenters. The van der Waals surface area contributed by atoms with E-state index in [1.165, 1.54) is 6.07 Å². The summed E-state index contributed by atoms with van der Waals surface area (Å²) in [5, 5.41) is 3.80. The molecule has 0 saturated carbocycles. The molecule has 1 aromatic carbocycles. The van der Waals surface area contributed by atoms with Crippen LogP contribution in [0.2, 0.25) is 5.02 Å². The maximum atomic E-state index is 11.0. The third-order valence-corrected chi connectivity index (χ3v) is 3.97. The lowest BCUT2D eigenvalue weighted by Gasteiger charge is -2.22. The molecule has 0 amide bonds. The van der Waals surface area contributed by atoms with Crippen LogP contribution in [0, 0.1) is 0 Å². The second-order valence-electron chi connectivity index (χ2n) is 3.66. The van der Waals surface area contributed by atoms with E-state index < -0.39 is 10.1 Å². The summed E-state index contributed by atoms with van der Waals surface area (Å²) >= 11 is 17.5. The molecule has 0 aromatic heterocycles. The Balaban J connectivity index is 2.55. The van der Waals surface area contributed by atoms with Crippen molar-refractivity contribution in [3.8, 4) is 0 Å². The molecule has 2 rings (SSSR count). The quantitative estimate of drug-likeness (QED) is 0.423. The average Bonchev–Trinajstić information content (AvgIpc) is 2.28. The molecule has 0 aliphatic carbocycles. The van der Waals surface area contributed by atoms with Crippen molar-refractivity contribution in [3.05, 3.63) is 33.9 Å². The maximum Gasteiger partial charge on any atom is 0.294 e. The van der Waals surface area contributed by atoms with Crippen LogP contribution in [0.1, 0.15) is 5.56 Å². The Hall–Kier alpha value is -1.19. The van der Waals surface area contributed by atoms with Gasteiger partial charge in [-0.05, 0) is 12.1 Å². The third kappa shape index (κ3) is 2.94. The lowest BCUT2D eigenvalue weighted by molar-refractivity contribution is 0.406. The van der Waals surface area contributed by atoms with E-state index in [-0.39, 0.29) is 26.5 Å². The van der Waals surface area contributed by atoms with Gasteiger partial charge in [0.1, 0.15) is 5.16 Å². The van der Waals surface area contributed by atoms with E-state index in [0.717, 1.165) is 16.8 Å². The van der Waals surface area contributed by atoms with Crippen LogP contribution in [0.5, 0.6) is 0 Å². The summed E-state index contributed by atoms with van der Waals surface area (Å²) < 4.78 is 31.8. The van der Waals surface area contributed by atoms with Crippen molar-refractivity contribution in [1.29, 1.82) is 0 Å². The van der Waals surface area contributed by atoms with Crippen LogP contribution in [-0.2, 0) is 10.1 Å². The smallest absolute Gasteiger partial charge is 0.294 e. The molecule has 1 aliphatic rings. The zero-order valence-electron chi connectivity index (χ0n) is 9.51. The fourth-order valence-electron chi connectivity index (χ4n) is 1.53. The number of hydrazine groups is 1. The van der Waals surface area contributed by atoms with Gasteiger partial charge in [0.15, 0.2) is 5.84 Å². The highest BCUT2D eigenvalue weighted by molar-refractivity contribution is 7.85. The first-order chi connectivity index (χ1) is 9.20. The van der Waals surface area contributed by atoms with E-state index in [4.69, 9.17) is 45.3 Å². The minimum Gasteiger partial charge on any atom is -0.382 e. The number of nitrogens with zero attached hydrogens (tertiary/aromatic N) is 2. The van der Waals surface area contributed by atoms with Gasteiger partial charge in [-0.1, -0.05) is 29.3 Å². The SMILES string of the molecule is NC1=NN(Cl)NC(Cl)=C1c1ccc(S(=O)(=O)O)cc1Cl. The molecule has 0 bridgehead atoms. The van der Waals surface area contributed by atoms with Crippen LogP contribution < -0.4 is 11.2 Å². The molecule has 0 saturated heterocycles. The van der Waals surface area contributed by atoms with Crippen molar-refractivity contribution in [2.75, 3.05) is 0 Å². The predicted molar refractivity (Wildman–Crippen MR) is 76.5 cm³/mol. The molecule has 7 nitrogen and oxygen atoms in total. The number of halogens is 3. The summed E-state index contributed by atoms with van der Waals surface area (Å²) in [6, 6.07) is 3.58. The first-order valence-corrected chi connectivity index (χ1v) is 7.48. The van der Waals surface area contributed by atoms with Gasteiger partial charge in [-0.25, -0.2) is 0 Å². The van der Waals surface area contributed by atoms with Gasteiger partial charge in [0.2, 0.25) is 0 Å². The normalized spacial score (nSPS) is 16.0. The Morgan fingerprint density at radius 3 is 2.50 bits per heavy atom. The third-order valence-electron chi connectivity index (χ3n) is 2.37. The fourth-order valence-corrected chi connectivity index (χ4v) is 2.87. The van der Waals surface area contributed by atoms with E-state index in [1.807, 2.05) is 0 Å². The summed E-state index contributed by atoms with van der Waals surface area (Å²) in [5.41, 5.74) is 8.78. The van der Waals surface area contributed by atoms with E-state index in [9.17, 15) is 8.42 Å². The van der Waals surface area contributed by atoms with Crippen LogP contribution in [-0.4, -0.2) is 23.4 Å². The Kier molecular flexibility index (Phi) is 4.03. The number of amidine groups is 1. The van der Waals surface area contributed by atoms with Crippen LogP contribution in [0.3, 0.4) is 0 Å². The van der Waals surface area contributed by atoms with Crippen LogP contribution in [0.4, 0.5) is 0 Å². The summed E-state index contributed by atoms with van der Waals surface area (Å²) in [4.78, 5) is -0.346. The van der Waals surface area contributed by atoms with Gasteiger partial charge in [0.25, 0.3) is 10.1 Å². The highest BCUT2D eigenvalue weighted by atomic mass is 35.5. The highest BCUT2D eigenvalue weighted by Gasteiger charge is 2.22. The standard InChI is InChI=1S/C9H7Cl3N4O3S/c10-6-3-4(20(17,18)19)1-2-5(6)7-8(11)14-16(12)15-9(7)13/h1-3,14H,(H2,13,15)(H,17,18,19). The van der Waals surface area contributed by atoms with E-state index in [1.54, 1.807) is 0 Å². The monoisotopic (exact) mass is 356 g/mol. The van der Waals surface area contributed by atoms with Crippen molar-refractivity contribution in [2.24, 2.45) is 10.8 Å². The van der Waals surface area contributed by atoms with Gasteiger partial charge < -0.3 is 5.73 Å². The average molecular weight is 358 g/mol. The minimum absolute atomic E-state index is 0.00902. The van der Waals surface area contributed by atoms with Gasteiger partial charge >= 0.3 is 0 Å². The second-order valence-corrected chi connectivity index (χ2v) is 6.19. The van der Waals surface area contributed by atoms with E-state index in [0.29, 0.717) is 5.56 Å². The van der Waals surface area contributed by atoms with Crippen LogP contribution >= 0.6 is 35.0 Å². The molecule has 1 aliphatic heterocycles. The summed E-state index contributed by atoms with van der Waals surface area (Å²) in [6.45, 7) is 0. The Morgan fingerprint density at radius 2 is 2.00 bits per heavy atom. The van der Waals surface area contributed by atoms with Gasteiger partial charge in [-0.2, -0.15) is 8.42 Å². The molecule has 1 heterocycles. The minimum atomic E-state index is -4.35. The zero-order chi connectivity index (χ0) is 15.1. The van der Waals surface area contributed by atoms with Crippen molar-refractivity contribution in [2.45, 2.75) is 4.90 Å². The Morgan fingerprint density at radius 1 is 1.35 bits per heavy atom. The molecule has 20 heavy (non-hydrogen) atoms. The van der Waals surface area contributed by atoms with Crippen LogP contribution in [0.25, 0.3) is 5.57 Å². The molecule has 11 heteroatoms. The summed E-state index contributed by atoms with van der Waals surface area (Å²) in [6.07, 6.45) is 0. The number of hydrogen-bond acceptors (Lipinski definition) is 6. The summed E-state index contributed by atoms with van der Waals surface area (Å²) in [5.74, 6) is -0.00902. The molecule has 0 unspecified atom stereocenters. The highest BCUT2D eigenvalue weighted by Crippen LogP contribution is 2.31. The number of hydrogen-bond donors (Lipinski definition) is 3. The largest absolute Gasteiger partial charge is 0.382 e. The number of rotatable bonds is 2. The number of hydrazone groups is 1. The van der Waals surface area contributed by atoms with Crippen LogP contribution in [0.15, 0.2) is 33.4 Å². The van der Waals surface area contributed by atoms with Crippen molar-refractivity contribution >= 4 is 56.5 Å². The second kappa shape index (κ2) is 5.30. The van der Waals surface area contributed by atoms with Gasteiger partial charge in [0, 0.05) is 5.56 Å². The molecular formula is C9H7Cl3N4O3S. The molecular weight excluding hydrogens is 351 g/mol. The Bertz CT molecular complexity index is 732. The van der Waals surface area contributed by atoms with Gasteiger partial charge in [0.05, 0.1) is 27.3 Å². The molecule has 4 N–H and O–H groups in total. The number of nitrogens with one attached hydrogen (secondary N) is 1. The molecule has 0 spiro atoms. The Labute approximate surface area is 129 Å². The number of benzene rings is 1. The van der Waals surface area contributed by atoms with Crippen molar-refractivity contribution < 1.29 is 13.0 Å². The predicted octanol–water partition coefficient (Wildman–Crippen LogP) is 1.74. The van der Waals surface area contributed by atoms with Crippen molar-refractivity contribution in [3.63, 3.8) is 0 Å². The van der Waals surface area contributed by atoms with Gasteiger partial charge in [-0.3, -0.25) is 9.98 Å². The lowest BCUT2D eigenvalue weighted by atomic mass is 10.1.